The van der Waals surface area contributed by atoms with Gasteiger partial charge in [0.05, 0.1) is 12.7 Å². The first kappa shape index (κ1) is 17.6. The van der Waals surface area contributed by atoms with Crippen molar-refractivity contribution in [3.05, 3.63) is 59.0 Å². The highest BCUT2D eigenvalue weighted by Crippen LogP contribution is 2.09. The Morgan fingerprint density at radius 1 is 1.00 bits per heavy atom. The van der Waals surface area contributed by atoms with E-state index in [1.54, 1.807) is 30.3 Å². The van der Waals surface area contributed by atoms with E-state index in [9.17, 15) is 14.4 Å². The van der Waals surface area contributed by atoms with Crippen LogP contribution in [-0.4, -0.2) is 24.3 Å². The fourth-order valence-electron chi connectivity index (χ4n) is 1.82. The largest absolute Gasteiger partial charge is 0.459 e. The molecule has 2 aromatic rings. The minimum Gasteiger partial charge on any atom is -0.459 e. The van der Waals surface area contributed by atoms with Gasteiger partial charge in [-0.15, -0.1) is 0 Å². The summed E-state index contributed by atoms with van der Waals surface area (Å²) in [6, 6.07) is 9.95. The summed E-state index contributed by atoms with van der Waals surface area (Å²) in [4.78, 5) is 34.9. The van der Waals surface area contributed by atoms with E-state index >= 15 is 0 Å². The summed E-state index contributed by atoms with van der Waals surface area (Å²) in [6.45, 7) is 0.123. The van der Waals surface area contributed by atoms with E-state index < -0.39 is 11.8 Å². The molecule has 3 amide bonds. The SMILES string of the molecule is O=C(CCNC(=O)c1ccco1)NNC(=O)Cc1ccc(Cl)cc1. The van der Waals surface area contributed by atoms with Crippen molar-refractivity contribution in [2.75, 3.05) is 6.54 Å². The van der Waals surface area contributed by atoms with Crippen LogP contribution in [0.1, 0.15) is 22.5 Å². The molecule has 0 aliphatic carbocycles. The summed E-state index contributed by atoms with van der Waals surface area (Å²) in [6.07, 6.45) is 1.53. The molecule has 7 nitrogen and oxygen atoms in total. The third-order valence-corrected chi connectivity index (χ3v) is 3.25. The molecule has 0 aliphatic heterocycles. The lowest BCUT2D eigenvalue weighted by atomic mass is 10.1. The second kappa shape index (κ2) is 8.73. The quantitative estimate of drug-likeness (QED) is 0.687. The zero-order valence-electron chi connectivity index (χ0n) is 12.7. The van der Waals surface area contributed by atoms with Gasteiger partial charge >= 0.3 is 0 Å². The van der Waals surface area contributed by atoms with Crippen LogP contribution in [0.3, 0.4) is 0 Å². The fourth-order valence-corrected chi connectivity index (χ4v) is 1.94. The highest BCUT2D eigenvalue weighted by Gasteiger charge is 2.09. The van der Waals surface area contributed by atoms with Gasteiger partial charge in [0.1, 0.15) is 0 Å². The monoisotopic (exact) mass is 349 g/mol. The van der Waals surface area contributed by atoms with Crippen LogP contribution < -0.4 is 16.2 Å². The Morgan fingerprint density at radius 2 is 1.71 bits per heavy atom. The summed E-state index contributed by atoms with van der Waals surface area (Å²) < 4.78 is 4.92. The molecule has 0 unspecified atom stereocenters. The predicted molar refractivity (Wildman–Crippen MR) is 87.1 cm³/mol. The molecule has 0 spiro atoms. The molecule has 0 saturated carbocycles. The van der Waals surface area contributed by atoms with Crippen LogP contribution >= 0.6 is 11.6 Å². The number of halogens is 1. The maximum absolute atomic E-state index is 11.7. The van der Waals surface area contributed by atoms with Crippen molar-refractivity contribution in [3.8, 4) is 0 Å². The number of carbonyl (C=O) groups is 3. The summed E-state index contributed by atoms with van der Waals surface area (Å²) in [5.74, 6) is -1.00. The van der Waals surface area contributed by atoms with Gasteiger partial charge < -0.3 is 9.73 Å². The van der Waals surface area contributed by atoms with Crippen molar-refractivity contribution in [1.82, 2.24) is 16.2 Å². The van der Waals surface area contributed by atoms with E-state index in [1.807, 2.05) is 0 Å². The van der Waals surface area contributed by atoms with Gasteiger partial charge in [-0.05, 0) is 29.8 Å². The number of amides is 3. The number of furan rings is 1. The number of rotatable bonds is 6. The molecule has 3 N–H and O–H groups in total. The first-order valence-corrected chi connectivity index (χ1v) is 7.56. The molecule has 1 aromatic heterocycles. The van der Waals surface area contributed by atoms with Crippen LogP contribution in [0, 0.1) is 0 Å². The molecule has 0 bridgehead atoms. The number of hydrogen-bond acceptors (Lipinski definition) is 4. The van der Waals surface area contributed by atoms with Crippen LogP contribution in [0.2, 0.25) is 5.02 Å². The van der Waals surface area contributed by atoms with Crippen LogP contribution in [0.15, 0.2) is 47.1 Å². The Hall–Kier alpha value is -2.80. The average Bonchev–Trinajstić information content (AvgIpc) is 3.10. The molecule has 0 saturated heterocycles. The van der Waals surface area contributed by atoms with Crippen molar-refractivity contribution >= 4 is 29.3 Å². The molecule has 24 heavy (non-hydrogen) atoms. The zero-order chi connectivity index (χ0) is 17.4. The molecule has 0 radical (unpaired) electrons. The van der Waals surface area contributed by atoms with E-state index in [-0.39, 0.29) is 31.1 Å². The third kappa shape index (κ3) is 5.77. The van der Waals surface area contributed by atoms with Crippen LogP contribution in [0.25, 0.3) is 0 Å². The summed E-state index contributed by atoms with van der Waals surface area (Å²) in [7, 11) is 0. The Bertz CT molecular complexity index is 699. The molecule has 126 valence electrons. The van der Waals surface area contributed by atoms with E-state index in [0.29, 0.717) is 5.02 Å². The standard InChI is InChI=1S/C16H16ClN3O4/c17-12-5-3-11(4-6-12)10-15(22)20-19-14(21)7-8-18-16(23)13-2-1-9-24-13/h1-6,9H,7-8,10H2,(H,18,23)(H,19,21)(H,20,22). The number of nitrogens with one attached hydrogen (secondary N) is 3. The molecule has 2 rings (SSSR count). The number of hydrogen-bond donors (Lipinski definition) is 3. The highest BCUT2D eigenvalue weighted by atomic mass is 35.5. The second-order valence-electron chi connectivity index (χ2n) is 4.88. The average molecular weight is 350 g/mol. The van der Waals surface area contributed by atoms with Crippen molar-refractivity contribution in [2.45, 2.75) is 12.8 Å². The molecule has 0 aliphatic rings. The Kier molecular flexibility index (Phi) is 6.39. The van der Waals surface area contributed by atoms with Gasteiger partial charge in [-0.1, -0.05) is 23.7 Å². The van der Waals surface area contributed by atoms with Gasteiger partial charge in [0.2, 0.25) is 11.8 Å². The molecule has 8 heteroatoms. The van der Waals surface area contributed by atoms with Crippen molar-refractivity contribution in [3.63, 3.8) is 0 Å². The molecular formula is C16H16ClN3O4. The van der Waals surface area contributed by atoms with E-state index in [2.05, 4.69) is 16.2 Å². The minimum absolute atomic E-state index is 0.0215. The first-order valence-electron chi connectivity index (χ1n) is 7.18. The minimum atomic E-state index is -0.417. The van der Waals surface area contributed by atoms with E-state index in [4.69, 9.17) is 16.0 Å². The summed E-state index contributed by atoms with van der Waals surface area (Å²) in [5, 5.41) is 3.12. The number of carbonyl (C=O) groups excluding carboxylic acids is 3. The van der Waals surface area contributed by atoms with Gasteiger partial charge in [0.15, 0.2) is 5.76 Å². The topological polar surface area (TPSA) is 100 Å². The van der Waals surface area contributed by atoms with Crippen molar-refractivity contribution < 1.29 is 18.8 Å². The summed E-state index contributed by atoms with van der Waals surface area (Å²) in [5.41, 5.74) is 5.37. The lowest BCUT2D eigenvalue weighted by Gasteiger charge is -2.08. The maximum atomic E-state index is 11.7. The smallest absolute Gasteiger partial charge is 0.286 e. The van der Waals surface area contributed by atoms with Crippen LogP contribution in [0.5, 0.6) is 0 Å². The second-order valence-corrected chi connectivity index (χ2v) is 5.32. The summed E-state index contributed by atoms with van der Waals surface area (Å²) >= 11 is 5.76. The van der Waals surface area contributed by atoms with Gasteiger partial charge in [0.25, 0.3) is 5.91 Å². The van der Waals surface area contributed by atoms with Gasteiger partial charge in [-0.3, -0.25) is 25.2 Å². The number of hydrazine groups is 1. The lowest BCUT2D eigenvalue weighted by Crippen LogP contribution is -2.43. The van der Waals surface area contributed by atoms with Gasteiger partial charge in [-0.2, -0.15) is 0 Å². The lowest BCUT2D eigenvalue weighted by molar-refractivity contribution is -0.128. The van der Waals surface area contributed by atoms with E-state index in [0.717, 1.165) is 5.56 Å². The zero-order valence-corrected chi connectivity index (χ0v) is 13.4. The van der Waals surface area contributed by atoms with E-state index in [1.165, 1.54) is 12.3 Å². The third-order valence-electron chi connectivity index (χ3n) is 3.00. The highest BCUT2D eigenvalue weighted by molar-refractivity contribution is 6.30. The fraction of sp³-hybridized carbons (Fsp3) is 0.188. The predicted octanol–water partition coefficient (Wildman–Crippen LogP) is 1.44. The number of benzene rings is 1. The van der Waals surface area contributed by atoms with Gasteiger partial charge in [0, 0.05) is 18.0 Å². The van der Waals surface area contributed by atoms with Crippen molar-refractivity contribution in [1.29, 1.82) is 0 Å². The Labute approximate surface area is 143 Å². The molecule has 1 aromatic carbocycles. The Balaban J connectivity index is 1.63. The maximum Gasteiger partial charge on any atom is 0.286 e. The molecular weight excluding hydrogens is 334 g/mol. The van der Waals surface area contributed by atoms with Crippen LogP contribution in [0.4, 0.5) is 0 Å². The Morgan fingerprint density at radius 3 is 2.38 bits per heavy atom. The molecule has 0 fully saturated rings. The van der Waals surface area contributed by atoms with Crippen LogP contribution in [-0.2, 0) is 16.0 Å². The van der Waals surface area contributed by atoms with Gasteiger partial charge in [-0.25, -0.2) is 0 Å². The first-order chi connectivity index (χ1) is 11.5. The normalized spacial score (nSPS) is 10.0. The van der Waals surface area contributed by atoms with Crippen molar-refractivity contribution in [2.24, 2.45) is 0 Å². The molecule has 1 heterocycles. The molecule has 0 atom stereocenters.